The normalized spacial score (nSPS) is 10.7. The van der Waals surface area contributed by atoms with Crippen molar-refractivity contribution in [2.75, 3.05) is 18.4 Å². The van der Waals surface area contributed by atoms with E-state index in [1.54, 1.807) is 0 Å². The Balaban J connectivity index is 1.57. The van der Waals surface area contributed by atoms with Crippen LogP contribution in [-0.2, 0) is 11.2 Å². The van der Waals surface area contributed by atoms with E-state index in [1.165, 1.54) is 5.56 Å². The van der Waals surface area contributed by atoms with Gasteiger partial charge in [-0.2, -0.15) is 0 Å². The van der Waals surface area contributed by atoms with E-state index in [0.29, 0.717) is 13.0 Å². The van der Waals surface area contributed by atoms with Gasteiger partial charge in [-0.05, 0) is 63.1 Å². The topological polar surface area (TPSA) is 50.4 Å². The van der Waals surface area contributed by atoms with Crippen LogP contribution in [0.5, 0.6) is 5.75 Å². The molecule has 0 aliphatic rings. The Hall–Kier alpha value is -2.33. The van der Waals surface area contributed by atoms with E-state index in [0.717, 1.165) is 30.8 Å². The zero-order valence-corrected chi connectivity index (χ0v) is 15.1. The first-order valence-electron chi connectivity index (χ1n) is 8.94. The van der Waals surface area contributed by atoms with Gasteiger partial charge in [0.05, 0.1) is 6.10 Å². The van der Waals surface area contributed by atoms with Crippen molar-refractivity contribution < 1.29 is 9.53 Å². The Morgan fingerprint density at radius 1 is 1.00 bits per heavy atom. The molecule has 0 atom stereocenters. The van der Waals surface area contributed by atoms with E-state index in [4.69, 9.17) is 4.74 Å². The first kappa shape index (κ1) is 19.0. The molecule has 1 amide bonds. The molecule has 0 aromatic heterocycles. The summed E-state index contributed by atoms with van der Waals surface area (Å²) < 4.78 is 5.59. The Labute approximate surface area is 150 Å². The van der Waals surface area contributed by atoms with Gasteiger partial charge in [0.15, 0.2) is 0 Å². The van der Waals surface area contributed by atoms with Crippen LogP contribution in [0, 0.1) is 0 Å². The molecule has 2 N–H and O–H groups in total. The number of rotatable bonds is 10. The molecule has 0 radical (unpaired) electrons. The van der Waals surface area contributed by atoms with Crippen molar-refractivity contribution in [2.45, 2.75) is 39.2 Å². The highest BCUT2D eigenvalue weighted by Crippen LogP contribution is 2.16. The summed E-state index contributed by atoms with van der Waals surface area (Å²) in [6, 6.07) is 17.9. The fraction of sp³-hybridized carbons (Fsp3) is 0.381. The maximum absolute atomic E-state index is 11.9. The third-order valence-corrected chi connectivity index (χ3v) is 3.70. The minimum Gasteiger partial charge on any atom is -0.491 e. The first-order chi connectivity index (χ1) is 12.1. The van der Waals surface area contributed by atoms with E-state index >= 15 is 0 Å². The Bertz CT molecular complexity index is 624. The second-order valence-corrected chi connectivity index (χ2v) is 6.33. The summed E-state index contributed by atoms with van der Waals surface area (Å²) in [7, 11) is 0. The van der Waals surface area contributed by atoms with Crippen molar-refractivity contribution in [1.29, 1.82) is 0 Å². The minimum absolute atomic E-state index is 0.0214. The predicted octanol–water partition coefficient (Wildman–Crippen LogP) is 4.02. The molecular weight excluding hydrogens is 312 g/mol. The highest BCUT2D eigenvalue weighted by Gasteiger charge is 2.03. The lowest BCUT2D eigenvalue weighted by atomic mass is 10.1. The van der Waals surface area contributed by atoms with Crippen molar-refractivity contribution >= 4 is 11.6 Å². The maximum Gasteiger partial charge on any atom is 0.225 e. The Morgan fingerprint density at radius 3 is 2.40 bits per heavy atom. The van der Waals surface area contributed by atoms with Crippen LogP contribution in [0.15, 0.2) is 54.6 Å². The van der Waals surface area contributed by atoms with E-state index in [2.05, 4.69) is 34.9 Å². The van der Waals surface area contributed by atoms with E-state index in [1.807, 2.05) is 44.2 Å². The van der Waals surface area contributed by atoms with Crippen LogP contribution in [0.2, 0.25) is 0 Å². The number of hydrogen-bond acceptors (Lipinski definition) is 3. The summed E-state index contributed by atoms with van der Waals surface area (Å²) in [4.78, 5) is 11.9. The summed E-state index contributed by atoms with van der Waals surface area (Å²) in [6.07, 6.45) is 2.75. The minimum atomic E-state index is 0.0214. The molecule has 0 saturated heterocycles. The van der Waals surface area contributed by atoms with Crippen molar-refractivity contribution in [3.63, 3.8) is 0 Å². The highest BCUT2D eigenvalue weighted by molar-refractivity contribution is 5.90. The third-order valence-electron chi connectivity index (χ3n) is 3.70. The van der Waals surface area contributed by atoms with Crippen molar-refractivity contribution in [3.05, 3.63) is 60.2 Å². The van der Waals surface area contributed by atoms with Gasteiger partial charge in [0.2, 0.25) is 5.91 Å². The molecule has 2 aromatic carbocycles. The second kappa shape index (κ2) is 10.5. The molecule has 2 aromatic rings. The maximum atomic E-state index is 11.9. The van der Waals surface area contributed by atoms with Crippen LogP contribution in [0.25, 0.3) is 0 Å². The van der Waals surface area contributed by atoms with Crippen LogP contribution in [0.1, 0.15) is 32.3 Å². The van der Waals surface area contributed by atoms with E-state index in [9.17, 15) is 4.79 Å². The average molecular weight is 340 g/mol. The smallest absolute Gasteiger partial charge is 0.225 e. The number of anilines is 1. The fourth-order valence-corrected chi connectivity index (χ4v) is 2.50. The zero-order valence-electron chi connectivity index (χ0n) is 15.1. The van der Waals surface area contributed by atoms with Gasteiger partial charge in [0.25, 0.3) is 0 Å². The average Bonchev–Trinajstić information content (AvgIpc) is 2.60. The monoisotopic (exact) mass is 340 g/mol. The molecule has 0 bridgehead atoms. The number of nitrogens with one attached hydrogen (secondary N) is 2. The summed E-state index contributed by atoms with van der Waals surface area (Å²) in [5, 5.41) is 6.23. The van der Waals surface area contributed by atoms with E-state index < -0.39 is 0 Å². The summed E-state index contributed by atoms with van der Waals surface area (Å²) in [6.45, 7) is 5.59. The van der Waals surface area contributed by atoms with Gasteiger partial charge in [-0.1, -0.05) is 30.3 Å². The number of ether oxygens (including phenoxy) is 1. The Morgan fingerprint density at radius 2 is 1.72 bits per heavy atom. The van der Waals surface area contributed by atoms with Gasteiger partial charge in [-0.25, -0.2) is 0 Å². The third kappa shape index (κ3) is 7.86. The lowest BCUT2D eigenvalue weighted by Crippen LogP contribution is -2.22. The highest BCUT2D eigenvalue weighted by atomic mass is 16.5. The largest absolute Gasteiger partial charge is 0.491 e. The lowest BCUT2D eigenvalue weighted by molar-refractivity contribution is -0.116. The van der Waals surface area contributed by atoms with Crippen LogP contribution in [-0.4, -0.2) is 25.1 Å². The molecule has 4 nitrogen and oxygen atoms in total. The van der Waals surface area contributed by atoms with Gasteiger partial charge in [0, 0.05) is 18.7 Å². The number of aryl methyl sites for hydroxylation is 1. The number of carbonyl (C=O) groups is 1. The molecule has 134 valence electrons. The summed E-state index contributed by atoms with van der Waals surface area (Å²) in [5.74, 6) is 0.834. The molecule has 0 spiro atoms. The molecule has 0 aliphatic heterocycles. The molecule has 0 fully saturated rings. The van der Waals surface area contributed by atoms with Crippen LogP contribution in [0.3, 0.4) is 0 Å². The standard InChI is InChI=1S/C21H28N2O2/c1-17(2)25-20-12-10-19(11-13-20)23-21(24)14-16-22-15-6-9-18-7-4-3-5-8-18/h3-5,7-8,10-13,17,22H,6,9,14-16H2,1-2H3,(H,23,24). The van der Waals surface area contributed by atoms with Gasteiger partial charge >= 0.3 is 0 Å². The van der Waals surface area contributed by atoms with Gasteiger partial charge < -0.3 is 15.4 Å². The predicted molar refractivity (Wildman–Crippen MR) is 103 cm³/mol. The van der Waals surface area contributed by atoms with Gasteiger partial charge in [-0.3, -0.25) is 4.79 Å². The summed E-state index contributed by atoms with van der Waals surface area (Å²) >= 11 is 0. The molecule has 0 unspecified atom stereocenters. The van der Waals surface area contributed by atoms with Crippen LogP contribution in [0.4, 0.5) is 5.69 Å². The molecular formula is C21H28N2O2. The molecule has 0 saturated carbocycles. The second-order valence-electron chi connectivity index (χ2n) is 6.33. The summed E-state index contributed by atoms with van der Waals surface area (Å²) in [5.41, 5.74) is 2.15. The first-order valence-corrected chi connectivity index (χ1v) is 8.94. The quantitative estimate of drug-likeness (QED) is 0.642. The van der Waals surface area contributed by atoms with Crippen molar-refractivity contribution in [2.24, 2.45) is 0 Å². The molecule has 4 heteroatoms. The Kier molecular flexibility index (Phi) is 7.99. The lowest BCUT2D eigenvalue weighted by Gasteiger charge is -2.11. The molecule has 0 aliphatic carbocycles. The van der Waals surface area contributed by atoms with Crippen LogP contribution < -0.4 is 15.4 Å². The molecule has 2 rings (SSSR count). The van der Waals surface area contributed by atoms with Gasteiger partial charge in [0.1, 0.15) is 5.75 Å². The SMILES string of the molecule is CC(C)Oc1ccc(NC(=O)CCNCCCc2ccccc2)cc1. The molecule has 0 heterocycles. The van der Waals surface area contributed by atoms with Gasteiger partial charge in [-0.15, -0.1) is 0 Å². The number of carbonyl (C=O) groups excluding carboxylic acids is 1. The van der Waals surface area contributed by atoms with Crippen LogP contribution >= 0.6 is 0 Å². The number of amides is 1. The van der Waals surface area contributed by atoms with E-state index in [-0.39, 0.29) is 12.0 Å². The number of benzene rings is 2. The zero-order chi connectivity index (χ0) is 17.9. The molecule has 25 heavy (non-hydrogen) atoms. The van der Waals surface area contributed by atoms with Crippen molar-refractivity contribution in [1.82, 2.24) is 5.32 Å². The number of hydrogen-bond donors (Lipinski definition) is 2. The van der Waals surface area contributed by atoms with Crippen molar-refractivity contribution in [3.8, 4) is 5.75 Å². The fourth-order valence-electron chi connectivity index (χ4n) is 2.50.